The molecule has 1 aromatic heterocycles. The molecule has 0 bridgehead atoms. The van der Waals surface area contributed by atoms with Crippen LogP contribution in [-0.4, -0.2) is 43.9 Å². The van der Waals surface area contributed by atoms with Crippen molar-refractivity contribution in [1.82, 2.24) is 15.6 Å². The van der Waals surface area contributed by atoms with Crippen LogP contribution >= 0.6 is 24.0 Å². The van der Waals surface area contributed by atoms with Crippen LogP contribution in [0.15, 0.2) is 23.3 Å². The van der Waals surface area contributed by atoms with E-state index in [0.29, 0.717) is 24.9 Å². The minimum atomic E-state index is 0. The number of rotatable bonds is 6. The number of nitrogens with zero attached hydrogens (tertiary/aromatic N) is 2. The molecule has 0 radical (unpaired) electrons. The van der Waals surface area contributed by atoms with Crippen molar-refractivity contribution in [3.63, 3.8) is 0 Å². The molecule has 2 N–H and O–H groups in total. The molecule has 1 aromatic rings. The lowest BCUT2D eigenvalue weighted by Crippen LogP contribution is -2.47. The molecular weight excluding hydrogens is 455 g/mol. The summed E-state index contributed by atoms with van der Waals surface area (Å²) in [6.45, 7) is 11.7. The van der Waals surface area contributed by atoms with Gasteiger partial charge in [-0.05, 0) is 31.2 Å². The molecule has 0 aromatic carbocycles. The highest BCUT2D eigenvalue weighted by Crippen LogP contribution is 2.33. The summed E-state index contributed by atoms with van der Waals surface area (Å²) in [5.41, 5.74) is 1.16. The fourth-order valence-electron chi connectivity index (χ4n) is 3.46. The molecule has 2 atom stereocenters. The lowest BCUT2D eigenvalue weighted by molar-refractivity contribution is -0.0835. The Bertz CT molecular complexity index is 590. The lowest BCUT2D eigenvalue weighted by atomic mass is 9.78. The fourth-order valence-corrected chi connectivity index (χ4v) is 3.46. The molecule has 1 saturated heterocycles. The number of aliphatic imine (C=N–C) groups is 1. The van der Waals surface area contributed by atoms with E-state index < -0.39 is 0 Å². The SMILES string of the molecule is CCOc1ncccc1CNC(=NC)NCC1CCCOC1C(C)(C)C.I. The van der Waals surface area contributed by atoms with E-state index in [9.17, 15) is 0 Å². The average molecular weight is 490 g/mol. The first kappa shape index (κ1) is 23.9. The molecule has 0 aliphatic carbocycles. The fraction of sp³-hybridized carbons (Fsp3) is 0.700. The van der Waals surface area contributed by atoms with Gasteiger partial charge in [0.15, 0.2) is 5.96 Å². The third kappa shape index (κ3) is 7.44. The predicted octanol–water partition coefficient (Wildman–Crippen LogP) is 3.60. The molecule has 1 fully saturated rings. The van der Waals surface area contributed by atoms with E-state index >= 15 is 0 Å². The molecule has 154 valence electrons. The lowest BCUT2D eigenvalue weighted by Gasteiger charge is -2.40. The minimum absolute atomic E-state index is 0. The summed E-state index contributed by atoms with van der Waals surface area (Å²) in [5.74, 6) is 1.95. The molecule has 6 nitrogen and oxygen atoms in total. The van der Waals surface area contributed by atoms with Crippen LogP contribution in [0.25, 0.3) is 0 Å². The highest BCUT2D eigenvalue weighted by molar-refractivity contribution is 14.0. The number of pyridine rings is 1. The van der Waals surface area contributed by atoms with Gasteiger partial charge in [0.25, 0.3) is 0 Å². The van der Waals surface area contributed by atoms with Crippen LogP contribution in [0, 0.1) is 11.3 Å². The zero-order valence-corrected chi connectivity index (χ0v) is 19.6. The standard InChI is InChI=1S/C20H34N4O2.HI/c1-6-25-18-16(9-7-11-22-18)14-24-19(21-5)23-13-15-10-8-12-26-17(15)20(2,3)4;/h7,9,11,15,17H,6,8,10,12-14H2,1-5H3,(H2,21,23,24);1H. The van der Waals surface area contributed by atoms with E-state index in [1.165, 1.54) is 6.42 Å². The highest BCUT2D eigenvalue weighted by Gasteiger charge is 2.35. The van der Waals surface area contributed by atoms with Gasteiger partial charge in [-0.15, -0.1) is 24.0 Å². The third-order valence-corrected chi connectivity index (χ3v) is 4.63. The quantitative estimate of drug-likeness (QED) is 0.363. The van der Waals surface area contributed by atoms with Gasteiger partial charge in [-0.2, -0.15) is 0 Å². The predicted molar refractivity (Wildman–Crippen MR) is 121 cm³/mol. The van der Waals surface area contributed by atoms with Crippen molar-refractivity contribution in [3.05, 3.63) is 23.9 Å². The molecule has 0 spiro atoms. The van der Waals surface area contributed by atoms with Crippen LogP contribution in [0.3, 0.4) is 0 Å². The van der Waals surface area contributed by atoms with Gasteiger partial charge in [0.1, 0.15) is 0 Å². The van der Waals surface area contributed by atoms with E-state index in [-0.39, 0.29) is 35.5 Å². The normalized spacial score (nSPS) is 20.6. The second-order valence-corrected chi connectivity index (χ2v) is 7.77. The average Bonchev–Trinajstić information content (AvgIpc) is 2.63. The first-order valence-corrected chi connectivity index (χ1v) is 9.58. The first-order chi connectivity index (χ1) is 12.5. The maximum absolute atomic E-state index is 6.07. The van der Waals surface area contributed by atoms with Gasteiger partial charge in [-0.1, -0.05) is 26.8 Å². The third-order valence-electron chi connectivity index (χ3n) is 4.63. The van der Waals surface area contributed by atoms with Gasteiger partial charge in [0.05, 0.1) is 12.7 Å². The summed E-state index contributed by atoms with van der Waals surface area (Å²) in [6, 6.07) is 3.94. The Labute approximate surface area is 180 Å². The topological polar surface area (TPSA) is 67.8 Å². The van der Waals surface area contributed by atoms with Crippen LogP contribution in [0.2, 0.25) is 0 Å². The molecule has 2 rings (SSSR count). The number of guanidine groups is 1. The molecule has 2 heterocycles. The monoisotopic (exact) mass is 490 g/mol. The van der Waals surface area contributed by atoms with Crippen molar-refractivity contribution in [3.8, 4) is 5.88 Å². The van der Waals surface area contributed by atoms with Crippen molar-refractivity contribution in [2.24, 2.45) is 16.3 Å². The van der Waals surface area contributed by atoms with Crippen molar-refractivity contribution in [2.75, 3.05) is 26.8 Å². The number of halogens is 1. The summed E-state index contributed by atoms with van der Waals surface area (Å²) >= 11 is 0. The largest absolute Gasteiger partial charge is 0.478 e. The van der Waals surface area contributed by atoms with Gasteiger partial charge in [0, 0.05) is 44.4 Å². The van der Waals surface area contributed by atoms with Gasteiger partial charge in [-0.25, -0.2) is 4.98 Å². The Balaban J connectivity index is 0.00000364. The van der Waals surface area contributed by atoms with Crippen molar-refractivity contribution >= 4 is 29.9 Å². The minimum Gasteiger partial charge on any atom is -0.478 e. The smallest absolute Gasteiger partial charge is 0.218 e. The molecule has 7 heteroatoms. The Morgan fingerprint density at radius 1 is 1.37 bits per heavy atom. The summed E-state index contributed by atoms with van der Waals surface area (Å²) in [5, 5.41) is 6.82. The number of hydrogen-bond donors (Lipinski definition) is 2. The maximum atomic E-state index is 6.07. The summed E-state index contributed by atoms with van der Waals surface area (Å²) in [6.07, 6.45) is 4.32. The number of ether oxygens (including phenoxy) is 2. The zero-order valence-electron chi connectivity index (χ0n) is 17.2. The first-order valence-electron chi connectivity index (χ1n) is 9.58. The summed E-state index contributed by atoms with van der Waals surface area (Å²) in [7, 11) is 1.79. The number of aromatic nitrogens is 1. The van der Waals surface area contributed by atoms with E-state index in [1.54, 1.807) is 13.2 Å². The van der Waals surface area contributed by atoms with Gasteiger partial charge < -0.3 is 20.1 Å². The molecule has 0 saturated carbocycles. The molecule has 1 aliphatic rings. The molecule has 0 amide bonds. The second kappa shape index (κ2) is 11.7. The van der Waals surface area contributed by atoms with Crippen LogP contribution in [-0.2, 0) is 11.3 Å². The zero-order chi connectivity index (χ0) is 19.0. The number of hydrogen-bond acceptors (Lipinski definition) is 4. The highest BCUT2D eigenvalue weighted by atomic mass is 127. The van der Waals surface area contributed by atoms with Gasteiger partial charge >= 0.3 is 0 Å². The Morgan fingerprint density at radius 2 is 2.15 bits per heavy atom. The second-order valence-electron chi connectivity index (χ2n) is 7.77. The molecule has 27 heavy (non-hydrogen) atoms. The van der Waals surface area contributed by atoms with Gasteiger partial charge in [-0.3, -0.25) is 4.99 Å². The molecular formula is C20H35IN4O2. The van der Waals surface area contributed by atoms with Crippen molar-refractivity contribution in [2.45, 2.75) is 53.2 Å². The van der Waals surface area contributed by atoms with Gasteiger partial charge in [0.2, 0.25) is 5.88 Å². The maximum Gasteiger partial charge on any atom is 0.218 e. The van der Waals surface area contributed by atoms with E-state index in [1.807, 2.05) is 19.1 Å². The van der Waals surface area contributed by atoms with Crippen LogP contribution in [0.1, 0.15) is 46.1 Å². The Hall–Kier alpha value is -1.09. The Morgan fingerprint density at radius 3 is 2.81 bits per heavy atom. The summed E-state index contributed by atoms with van der Waals surface area (Å²) in [4.78, 5) is 8.63. The van der Waals surface area contributed by atoms with E-state index in [2.05, 4.69) is 41.4 Å². The Kier molecular flexibility index (Phi) is 10.4. The van der Waals surface area contributed by atoms with Crippen LogP contribution in [0.5, 0.6) is 5.88 Å². The van der Waals surface area contributed by atoms with Crippen LogP contribution < -0.4 is 15.4 Å². The summed E-state index contributed by atoms with van der Waals surface area (Å²) < 4.78 is 11.6. The van der Waals surface area contributed by atoms with E-state index in [4.69, 9.17) is 9.47 Å². The van der Waals surface area contributed by atoms with Crippen molar-refractivity contribution in [1.29, 1.82) is 0 Å². The van der Waals surface area contributed by atoms with Crippen molar-refractivity contribution < 1.29 is 9.47 Å². The molecule has 1 aliphatic heterocycles. The van der Waals surface area contributed by atoms with E-state index in [0.717, 1.165) is 31.1 Å². The number of nitrogens with one attached hydrogen (secondary N) is 2. The molecule has 2 unspecified atom stereocenters. The van der Waals surface area contributed by atoms with Crippen LogP contribution in [0.4, 0.5) is 0 Å².